The van der Waals surface area contributed by atoms with Gasteiger partial charge < -0.3 is 34.6 Å². The van der Waals surface area contributed by atoms with Crippen LogP contribution in [0.15, 0.2) is 40.9 Å². The largest absolute Gasteiger partial charge is 0.461 e. The summed E-state index contributed by atoms with van der Waals surface area (Å²) >= 11 is 0. The molecule has 1 aliphatic carbocycles. The molecule has 6 aliphatic heterocycles. The average Bonchev–Trinajstić information content (AvgIpc) is 3.36. The van der Waals surface area contributed by atoms with Gasteiger partial charge in [0.15, 0.2) is 6.29 Å². The third-order valence-electron chi connectivity index (χ3n) is 9.62. The van der Waals surface area contributed by atoms with Gasteiger partial charge in [-0.15, -0.1) is 0 Å². The number of ether oxygens (including phenoxy) is 3. The molecule has 10 heteroatoms. The first-order valence-corrected chi connectivity index (χ1v) is 13.1. The molecule has 5 saturated heterocycles. The van der Waals surface area contributed by atoms with Gasteiger partial charge in [-0.1, -0.05) is 24.3 Å². The van der Waals surface area contributed by atoms with E-state index in [2.05, 4.69) is 11.0 Å². The minimum atomic E-state index is -1.52. The van der Waals surface area contributed by atoms with Crippen molar-refractivity contribution in [1.29, 1.82) is 0 Å². The molecule has 0 radical (unpaired) electrons. The Kier molecular flexibility index (Phi) is 5.27. The molecule has 37 heavy (non-hydrogen) atoms. The van der Waals surface area contributed by atoms with Gasteiger partial charge in [0.05, 0.1) is 29.5 Å². The molecule has 0 aromatic heterocycles. The lowest BCUT2D eigenvalue weighted by Crippen LogP contribution is -2.70. The first-order valence-electron chi connectivity index (χ1n) is 13.1. The van der Waals surface area contributed by atoms with Crippen LogP contribution in [0.1, 0.15) is 32.3 Å². The Labute approximate surface area is 214 Å². The highest BCUT2D eigenvalue weighted by molar-refractivity contribution is 6.08. The van der Waals surface area contributed by atoms with E-state index in [0.717, 1.165) is 35.4 Å². The summed E-state index contributed by atoms with van der Waals surface area (Å²) in [7, 11) is 0. The van der Waals surface area contributed by atoms with E-state index in [1.165, 1.54) is 6.92 Å². The molecule has 6 fully saturated rings. The first kappa shape index (κ1) is 23.9. The molecule has 1 aromatic carbocycles. The Morgan fingerprint density at radius 1 is 1.24 bits per heavy atom. The zero-order valence-corrected chi connectivity index (χ0v) is 20.7. The summed E-state index contributed by atoms with van der Waals surface area (Å²) in [6.45, 7) is 2.89. The molecule has 8 rings (SSSR count). The van der Waals surface area contributed by atoms with Crippen LogP contribution in [0.25, 0.3) is 0 Å². The molecule has 0 amide bonds. The number of benzene rings is 1. The second-order valence-corrected chi connectivity index (χ2v) is 11.1. The van der Waals surface area contributed by atoms with E-state index in [0.29, 0.717) is 0 Å². The predicted octanol–water partition coefficient (Wildman–Crippen LogP) is 0.137. The molecule has 10 nitrogen and oxygen atoms in total. The predicted molar refractivity (Wildman–Crippen MR) is 129 cm³/mol. The number of hydrogen-bond acceptors (Lipinski definition) is 10. The van der Waals surface area contributed by atoms with Crippen molar-refractivity contribution in [2.45, 2.75) is 87.2 Å². The molecule has 1 spiro atoms. The van der Waals surface area contributed by atoms with Crippen LogP contribution in [-0.4, -0.2) is 98.7 Å². The molecular formula is C27H32N2O8. The number of esters is 1. The number of fused-ring (bicyclic) bond motifs is 2. The van der Waals surface area contributed by atoms with Crippen molar-refractivity contribution in [2.24, 2.45) is 16.8 Å². The molecule has 7 aliphatic rings. The molecular weight excluding hydrogens is 480 g/mol. The number of nitrogens with zero attached hydrogens (tertiary/aromatic N) is 2. The summed E-state index contributed by atoms with van der Waals surface area (Å²) in [6, 6.07) is 8.10. The zero-order chi connectivity index (χ0) is 25.8. The summed E-state index contributed by atoms with van der Waals surface area (Å²) in [5.41, 5.74) is 3.57. The highest BCUT2D eigenvalue weighted by atomic mass is 16.7. The minimum Gasteiger partial charge on any atom is -0.461 e. The second kappa shape index (κ2) is 8.16. The lowest BCUT2D eigenvalue weighted by atomic mass is 9.66. The summed E-state index contributed by atoms with van der Waals surface area (Å²) in [5, 5.41) is 40.9. The monoisotopic (exact) mass is 512 g/mol. The highest BCUT2D eigenvalue weighted by Crippen LogP contribution is 2.67. The molecule has 5 bridgehead atoms. The van der Waals surface area contributed by atoms with Crippen molar-refractivity contribution >= 4 is 17.4 Å². The fourth-order valence-electron chi connectivity index (χ4n) is 8.32. The van der Waals surface area contributed by atoms with Crippen molar-refractivity contribution in [2.75, 3.05) is 6.61 Å². The van der Waals surface area contributed by atoms with E-state index in [1.54, 1.807) is 0 Å². The molecule has 7 unspecified atom stereocenters. The minimum absolute atomic E-state index is 0.0495. The maximum absolute atomic E-state index is 12.4. The Morgan fingerprint density at radius 2 is 2.03 bits per heavy atom. The number of para-hydroxylation sites is 1. The Morgan fingerprint density at radius 3 is 2.76 bits per heavy atom. The third-order valence-corrected chi connectivity index (χ3v) is 9.62. The van der Waals surface area contributed by atoms with Crippen molar-refractivity contribution in [1.82, 2.24) is 4.90 Å². The molecule has 13 atom stereocenters. The van der Waals surface area contributed by atoms with Crippen LogP contribution in [0.5, 0.6) is 0 Å². The van der Waals surface area contributed by atoms with Gasteiger partial charge in [-0.3, -0.25) is 14.7 Å². The number of aliphatic hydroxyl groups excluding tert-OH is 4. The van der Waals surface area contributed by atoms with Crippen molar-refractivity contribution in [3.63, 3.8) is 0 Å². The van der Waals surface area contributed by atoms with Crippen LogP contribution in [0.4, 0.5) is 5.69 Å². The van der Waals surface area contributed by atoms with E-state index in [-0.39, 0.29) is 36.0 Å². The zero-order valence-electron chi connectivity index (χ0n) is 20.7. The van der Waals surface area contributed by atoms with Gasteiger partial charge in [-0.25, -0.2) is 0 Å². The number of piperidine rings is 4. The summed E-state index contributed by atoms with van der Waals surface area (Å²) in [6.07, 6.45) is -4.07. The number of carbonyl (C=O) groups is 1. The highest BCUT2D eigenvalue weighted by Gasteiger charge is 2.75. The van der Waals surface area contributed by atoms with E-state index < -0.39 is 49.0 Å². The van der Waals surface area contributed by atoms with Crippen molar-refractivity contribution < 1.29 is 39.4 Å². The first-order chi connectivity index (χ1) is 17.8. The normalized spacial score (nSPS) is 49.7. The Hall–Kier alpha value is -2.18. The van der Waals surface area contributed by atoms with Gasteiger partial charge in [-0.2, -0.15) is 0 Å². The summed E-state index contributed by atoms with van der Waals surface area (Å²) in [4.78, 5) is 19.8. The number of aliphatic imine (C=N–C) groups is 1. The van der Waals surface area contributed by atoms with E-state index in [1.807, 2.05) is 31.2 Å². The number of hydrogen-bond donors (Lipinski definition) is 4. The van der Waals surface area contributed by atoms with E-state index in [9.17, 15) is 25.2 Å². The maximum atomic E-state index is 12.4. The smallest absolute Gasteiger partial charge is 0.302 e. The lowest BCUT2D eigenvalue weighted by Gasteiger charge is -2.59. The third kappa shape index (κ3) is 2.95. The fraction of sp³-hybridized carbons (Fsp3) is 0.630. The van der Waals surface area contributed by atoms with Gasteiger partial charge in [0, 0.05) is 18.9 Å². The molecule has 1 aromatic rings. The molecule has 4 N–H and O–H groups in total. The summed E-state index contributed by atoms with van der Waals surface area (Å²) < 4.78 is 18.3. The topological polar surface area (TPSA) is 141 Å². The standard InChI is InChI=1S/C27H32N2O8/c1-3-12-13-8-16-23-27(14-6-4-5-7-15(14)28-23)9-17(19(13)24(27)35-11(2)31)29(16)25(12)37-26-22(34)21(33)20(32)18(10-30)36-26/h3-7,13,16-22,24-26,30,32-34H,8-10H2,1-2H3/b12-3+/t13?,16?,17?,18-,19?,20+,21-,22-,24?,25-,26-,27?/m1/s1. The number of aliphatic hydroxyl groups is 4. The number of carbonyl (C=O) groups excluding carboxylic acids is 1. The molecule has 6 heterocycles. The number of rotatable bonds is 4. The van der Waals surface area contributed by atoms with E-state index >= 15 is 0 Å². The van der Waals surface area contributed by atoms with Crippen LogP contribution < -0.4 is 0 Å². The Bertz CT molecular complexity index is 1200. The van der Waals surface area contributed by atoms with Gasteiger partial charge in [0.25, 0.3) is 0 Å². The van der Waals surface area contributed by atoms with Gasteiger partial charge >= 0.3 is 5.97 Å². The Balaban J connectivity index is 1.30. The fourth-order valence-corrected chi connectivity index (χ4v) is 8.32. The van der Waals surface area contributed by atoms with Crippen LogP contribution in [0.2, 0.25) is 0 Å². The van der Waals surface area contributed by atoms with E-state index in [4.69, 9.17) is 19.2 Å². The summed E-state index contributed by atoms with van der Waals surface area (Å²) in [5.74, 6) is -0.176. The van der Waals surface area contributed by atoms with Crippen LogP contribution in [-0.2, 0) is 24.4 Å². The maximum Gasteiger partial charge on any atom is 0.302 e. The van der Waals surface area contributed by atoms with Crippen LogP contribution >= 0.6 is 0 Å². The van der Waals surface area contributed by atoms with Crippen LogP contribution in [0, 0.1) is 11.8 Å². The van der Waals surface area contributed by atoms with Crippen molar-refractivity contribution in [3.05, 3.63) is 41.5 Å². The molecule has 1 saturated carbocycles. The van der Waals surface area contributed by atoms with Crippen molar-refractivity contribution in [3.8, 4) is 0 Å². The van der Waals surface area contributed by atoms with Crippen LogP contribution in [0.3, 0.4) is 0 Å². The van der Waals surface area contributed by atoms with Gasteiger partial charge in [0.1, 0.15) is 36.7 Å². The lowest BCUT2D eigenvalue weighted by molar-refractivity contribution is -0.328. The van der Waals surface area contributed by atoms with Gasteiger partial charge in [-0.05, 0) is 42.9 Å². The quantitative estimate of drug-likeness (QED) is 0.327. The SMILES string of the molecule is C/C=C1\C2CC3C4=Nc5ccccc5C45CC(C2C5OC(C)=O)N3[C@@H]1O[C@H]1O[C@H](CO)[C@H](O)[C@@H](O)[C@H]1O. The van der Waals surface area contributed by atoms with Gasteiger partial charge in [0.2, 0.25) is 0 Å². The average molecular weight is 513 g/mol. The molecule has 198 valence electrons. The number of allylic oxidation sites excluding steroid dienone is 1. The second-order valence-electron chi connectivity index (χ2n) is 11.1.